The summed E-state index contributed by atoms with van der Waals surface area (Å²) in [5.41, 5.74) is 2.08. The molecule has 0 fully saturated rings. The molecule has 6 heteroatoms. The Kier molecular flexibility index (Phi) is 2.07. The molecule has 0 amide bonds. The van der Waals surface area contributed by atoms with Crippen LogP contribution in [0.15, 0.2) is 45.9 Å². The van der Waals surface area contributed by atoms with Crippen molar-refractivity contribution in [1.29, 1.82) is 0 Å². The molecule has 1 unspecified atom stereocenters. The van der Waals surface area contributed by atoms with E-state index in [1.807, 2.05) is 31.2 Å². The third-order valence-corrected chi connectivity index (χ3v) is 2.86. The Balaban J connectivity index is 2.24. The summed E-state index contributed by atoms with van der Waals surface area (Å²) in [6.45, 7) is 2.03. The van der Waals surface area contributed by atoms with Crippen molar-refractivity contribution in [1.82, 2.24) is 15.4 Å². The SMILES string of the molecule is Cc1ccccc1C1(c2cn[nH]n2)C=NN=N1. The van der Waals surface area contributed by atoms with Crippen LogP contribution in [-0.4, -0.2) is 21.6 Å². The molecular formula is C11H10N6. The standard InChI is InChI=1S/C11H10N6/c1-8-4-2-3-5-9(8)11(7-13-17-15-11)10-6-12-16-14-10/h2-7H,1H3,(H,12,14,16). The fraction of sp³-hybridized carbons (Fsp3) is 0.182. The summed E-state index contributed by atoms with van der Waals surface area (Å²) >= 11 is 0. The predicted octanol–water partition coefficient (Wildman–Crippen LogP) is 1.81. The third-order valence-electron chi connectivity index (χ3n) is 2.86. The molecule has 0 saturated carbocycles. The van der Waals surface area contributed by atoms with Gasteiger partial charge >= 0.3 is 0 Å². The second-order valence-corrected chi connectivity index (χ2v) is 3.87. The molecule has 0 saturated heterocycles. The number of rotatable bonds is 2. The van der Waals surface area contributed by atoms with E-state index in [-0.39, 0.29) is 0 Å². The van der Waals surface area contributed by atoms with Crippen molar-refractivity contribution in [3.8, 4) is 0 Å². The molecule has 1 aliphatic rings. The quantitative estimate of drug-likeness (QED) is 0.847. The van der Waals surface area contributed by atoms with Crippen LogP contribution in [0, 0.1) is 6.92 Å². The zero-order valence-electron chi connectivity index (χ0n) is 9.20. The van der Waals surface area contributed by atoms with Gasteiger partial charge in [0.2, 0.25) is 0 Å². The highest BCUT2D eigenvalue weighted by Gasteiger charge is 2.39. The molecule has 0 bridgehead atoms. The zero-order valence-corrected chi connectivity index (χ0v) is 9.20. The van der Waals surface area contributed by atoms with Crippen LogP contribution in [0.2, 0.25) is 0 Å². The van der Waals surface area contributed by atoms with Crippen LogP contribution in [0.3, 0.4) is 0 Å². The summed E-state index contributed by atoms with van der Waals surface area (Å²) in [5.74, 6) is 0. The summed E-state index contributed by atoms with van der Waals surface area (Å²) in [4.78, 5) is 0. The molecule has 17 heavy (non-hydrogen) atoms. The molecule has 0 spiro atoms. The van der Waals surface area contributed by atoms with Crippen molar-refractivity contribution >= 4 is 6.21 Å². The zero-order chi connectivity index (χ0) is 11.7. The highest BCUT2D eigenvalue weighted by molar-refractivity contribution is 5.79. The highest BCUT2D eigenvalue weighted by atomic mass is 15.4. The van der Waals surface area contributed by atoms with Crippen LogP contribution in [0.1, 0.15) is 16.8 Å². The lowest BCUT2D eigenvalue weighted by Crippen LogP contribution is -2.26. The number of hydrogen-bond donors (Lipinski definition) is 1. The van der Waals surface area contributed by atoms with E-state index in [0.717, 1.165) is 11.1 Å². The Morgan fingerprint density at radius 2 is 2.12 bits per heavy atom. The Hall–Kier alpha value is -2.37. The van der Waals surface area contributed by atoms with Crippen molar-refractivity contribution in [2.24, 2.45) is 15.4 Å². The Bertz CT molecular complexity index is 572. The number of nitrogens with one attached hydrogen (secondary N) is 1. The lowest BCUT2D eigenvalue weighted by atomic mass is 9.86. The minimum atomic E-state index is -0.738. The smallest absolute Gasteiger partial charge is 0.191 e. The maximum Gasteiger partial charge on any atom is 0.191 e. The summed E-state index contributed by atoms with van der Waals surface area (Å²) in [5, 5.41) is 22.3. The van der Waals surface area contributed by atoms with Crippen LogP contribution in [0.25, 0.3) is 0 Å². The number of hydrogen-bond acceptors (Lipinski definition) is 5. The van der Waals surface area contributed by atoms with Gasteiger partial charge in [-0.15, -0.1) is 10.2 Å². The van der Waals surface area contributed by atoms with E-state index in [0.29, 0.717) is 5.69 Å². The minimum Gasteiger partial charge on any atom is -0.198 e. The normalized spacial score (nSPS) is 22.2. The van der Waals surface area contributed by atoms with Gasteiger partial charge in [-0.1, -0.05) is 24.3 Å². The summed E-state index contributed by atoms with van der Waals surface area (Å²) in [7, 11) is 0. The van der Waals surface area contributed by atoms with Crippen molar-refractivity contribution in [2.45, 2.75) is 12.5 Å². The van der Waals surface area contributed by atoms with Gasteiger partial charge in [0.25, 0.3) is 0 Å². The summed E-state index contributed by atoms with van der Waals surface area (Å²) in [6, 6.07) is 7.98. The van der Waals surface area contributed by atoms with Crippen LogP contribution < -0.4 is 0 Å². The number of nitrogens with zero attached hydrogens (tertiary/aromatic N) is 5. The van der Waals surface area contributed by atoms with Gasteiger partial charge in [-0.3, -0.25) is 0 Å². The third kappa shape index (κ3) is 1.37. The number of aromatic nitrogens is 3. The fourth-order valence-corrected chi connectivity index (χ4v) is 2.00. The van der Waals surface area contributed by atoms with Gasteiger partial charge in [0.05, 0.1) is 12.4 Å². The second-order valence-electron chi connectivity index (χ2n) is 3.87. The van der Waals surface area contributed by atoms with Gasteiger partial charge < -0.3 is 0 Å². The topological polar surface area (TPSA) is 78.6 Å². The lowest BCUT2D eigenvalue weighted by molar-refractivity contribution is 0.682. The molecule has 0 radical (unpaired) electrons. The van der Waals surface area contributed by atoms with E-state index in [4.69, 9.17) is 0 Å². The predicted molar refractivity (Wildman–Crippen MR) is 61.7 cm³/mol. The first-order valence-electron chi connectivity index (χ1n) is 5.22. The molecule has 3 rings (SSSR count). The molecule has 0 aliphatic carbocycles. The number of aromatic amines is 1. The molecule has 1 aliphatic heterocycles. The fourth-order valence-electron chi connectivity index (χ4n) is 2.00. The van der Waals surface area contributed by atoms with Crippen molar-refractivity contribution in [2.75, 3.05) is 0 Å². The van der Waals surface area contributed by atoms with E-state index in [1.165, 1.54) is 0 Å². The lowest BCUT2D eigenvalue weighted by Gasteiger charge is -2.20. The van der Waals surface area contributed by atoms with Gasteiger partial charge in [0.15, 0.2) is 5.54 Å². The van der Waals surface area contributed by atoms with Gasteiger partial charge in [0, 0.05) is 0 Å². The van der Waals surface area contributed by atoms with E-state index in [9.17, 15) is 0 Å². The Morgan fingerprint density at radius 1 is 1.24 bits per heavy atom. The van der Waals surface area contributed by atoms with Crippen LogP contribution in [-0.2, 0) is 5.54 Å². The first-order valence-corrected chi connectivity index (χ1v) is 5.22. The molecule has 1 aromatic heterocycles. The largest absolute Gasteiger partial charge is 0.198 e. The van der Waals surface area contributed by atoms with E-state index < -0.39 is 5.54 Å². The monoisotopic (exact) mass is 226 g/mol. The molecule has 1 atom stereocenters. The highest BCUT2D eigenvalue weighted by Crippen LogP contribution is 2.35. The van der Waals surface area contributed by atoms with Crippen LogP contribution >= 0.6 is 0 Å². The second kappa shape index (κ2) is 3.58. The molecule has 2 heterocycles. The maximum absolute atomic E-state index is 4.22. The molecule has 6 nitrogen and oxygen atoms in total. The van der Waals surface area contributed by atoms with Gasteiger partial charge in [-0.2, -0.15) is 15.4 Å². The van der Waals surface area contributed by atoms with E-state index in [1.54, 1.807) is 12.4 Å². The average molecular weight is 226 g/mol. The Labute approximate surface area is 97.5 Å². The average Bonchev–Trinajstić information content (AvgIpc) is 3.01. The molecule has 2 aromatic rings. The van der Waals surface area contributed by atoms with E-state index >= 15 is 0 Å². The summed E-state index contributed by atoms with van der Waals surface area (Å²) in [6.07, 6.45) is 3.33. The van der Waals surface area contributed by atoms with Gasteiger partial charge in [-0.25, -0.2) is 0 Å². The van der Waals surface area contributed by atoms with Crippen LogP contribution in [0.5, 0.6) is 0 Å². The first kappa shape index (κ1) is 9.83. The molecule has 1 aromatic carbocycles. The van der Waals surface area contributed by atoms with Gasteiger partial charge in [-0.05, 0) is 23.3 Å². The molecule has 84 valence electrons. The van der Waals surface area contributed by atoms with Crippen molar-refractivity contribution in [3.05, 3.63) is 47.3 Å². The summed E-state index contributed by atoms with van der Waals surface area (Å²) < 4.78 is 0. The molecule has 1 N–H and O–H groups in total. The molecular weight excluding hydrogens is 216 g/mol. The van der Waals surface area contributed by atoms with Crippen molar-refractivity contribution in [3.63, 3.8) is 0 Å². The van der Waals surface area contributed by atoms with E-state index in [2.05, 4.69) is 30.8 Å². The van der Waals surface area contributed by atoms with Crippen LogP contribution in [0.4, 0.5) is 0 Å². The maximum atomic E-state index is 4.22. The first-order chi connectivity index (χ1) is 8.33. The number of H-pyrrole nitrogens is 1. The number of benzene rings is 1. The minimum absolute atomic E-state index is 0.691. The van der Waals surface area contributed by atoms with Crippen molar-refractivity contribution < 1.29 is 0 Å². The van der Waals surface area contributed by atoms with Gasteiger partial charge in [0.1, 0.15) is 5.69 Å². The number of aryl methyl sites for hydroxylation is 1. The Morgan fingerprint density at radius 3 is 2.76 bits per heavy atom.